The summed E-state index contributed by atoms with van der Waals surface area (Å²) < 4.78 is 17.9. The molecule has 5 heteroatoms. The average Bonchev–Trinajstić information content (AvgIpc) is 2.49. The molecule has 0 spiro atoms. The Balaban J connectivity index is 2.07. The van der Waals surface area contributed by atoms with E-state index >= 15 is 0 Å². The zero-order valence-electron chi connectivity index (χ0n) is 12.3. The van der Waals surface area contributed by atoms with E-state index in [0.717, 1.165) is 12.0 Å². The molecule has 4 nitrogen and oxygen atoms in total. The van der Waals surface area contributed by atoms with Crippen LogP contribution in [-0.4, -0.2) is 48.3 Å². The summed E-state index contributed by atoms with van der Waals surface area (Å²) in [4.78, 5) is 14.0. The van der Waals surface area contributed by atoms with Crippen LogP contribution in [0.25, 0.3) is 0 Å². The standard InChI is InChI=1S/C16H22FNO3/c1-21-10-8-16(20)18-9-2-3-15(19)14(18)11-12-4-6-13(17)7-5-12/h4-7,14-15,19H,2-3,8-11H2,1H3/t14-,15-/m0/s1. The van der Waals surface area contributed by atoms with E-state index in [1.54, 1.807) is 24.1 Å². The van der Waals surface area contributed by atoms with Gasteiger partial charge in [-0.2, -0.15) is 0 Å². The normalized spacial score (nSPS) is 22.3. The highest BCUT2D eigenvalue weighted by atomic mass is 19.1. The first-order chi connectivity index (χ1) is 10.1. The molecular formula is C16H22FNO3. The van der Waals surface area contributed by atoms with Gasteiger partial charge in [0.1, 0.15) is 5.82 Å². The predicted octanol–water partition coefficient (Wildman–Crippen LogP) is 1.76. The molecule has 1 amide bonds. The van der Waals surface area contributed by atoms with E-state index in [0.29, 0.717) is 32.4 Å². The predicted molar refractivity (Wildman–Crippen MR) is 77.3 cm³/mol. The Morgan fingerprint density at radius 3 is 2.81 bits per heavy atom. The Morgan fingerprint density at radius 2 is 2.14 bits per heavy atom. The second-order valence-electron chi connectivity index (χ2n) is 5.44. The molecule has 0 unspecified atom stereocenters. The van der Waals surface area contributed by atoms with Crippen LogP contribution >= 0.6 is 0 Å². The van der Waals surface area contributed by atoms with Crippen molar-refractivity contribution in [3.05, 3.63) is 35.6 Å². The molecule has 1 fully saturated rings. The monoisotopic (exact) mass is 295 g/mol. The molecule has 1 heterocycles. The van der Waals surface area contributed by atoms with Crippen molar-refractivity contribution < 1.29 is 19.0 Å². The van der Waals surface area contributed by atoms with Gasteiger partial charge in [-0.15, -0.1) is 0 Å². The summed E-state index contributed by atoms with van der Waals surface area (Å²) in [5, 5.41) is 10.2. The number of benzene rings is 1. The third-order valence-electron chi connectivity index (χ3n) is 3.94. The molecule has 0 aliphatic carbocycles. The number of hydrogen-bond donors (Lipinski definition) is 1. The highest BCUT2D eigenvalue weighted by molar-refractivity contribution is 5.76. The number of methoxy groups -OCH3 is 1. The number of hydrogen-bond acceptors (Lipinski definition) is 3. The maximum absolute atomic E-state index is 13.0. The largest absolute Gasteiger partial charge is 0.391 e. The molecule has 1 aromatic rings. The first kappa shape index (κ1) is 15.9. The second-order valence-corrected chi connectivity index (χ2v) is 5.44. The molecule has 0 radical (unpaired) electrons. The van der Waals surface area contributed by atoms with Crippen molar-refractivity contribution in [1.29, 1.82) is 0 Å². The number of carbonyl (C=O) groups excluding carboxylic acids is 1. The fraction of sp³-hybridized carbons (Fsp3) is 0.562. The molecule has 116 valence electrons. The van der Waals surface area contributed by atoms with Gasteiger partial charge < -0.3 is 14.7 Å². The van der Waals surface area contributed by atoms with Gasteiger partial charge in [0.15, 0.2) is 0 Å². The van der Waals surface area contributed by atoms with Crippen LogP contribution in [0.5, 0.6) is 0 Å². The van der Waals surface area contributed by atoms with Crippen molar-refractivity contribution >= 4 is 5.91 Å². The molecular weight excluding hydrogens is 273 g/mol. The Bertz CT molecular complexity index is 463. The van der Waals surface area contributed by atoms with Crippen molar-refractivity contribution in [2.75, 3.05) is 20.3 Å². The van der Waals surface area contributed by atoms with E-state index in [9.17, 15) is 14.3 Å². The zero-order chi connectivity index (χ0) is 15.2. The number of nitrogens with zero attached hydrogens (tertiary/aromatic N) is 1. The van der Waals surface area contributed by atoms with E-state index in [1.165, 1.54) is 12.1 Å². The molecule has 2 rings (SSSR count). The van der Waals surface area contributed by atoms with Gasteiger partial charge in [-0.1, -0.05) is 12.1 Å². The molecule has 0 saturated carbocycles. The van der Waals surface area contributed by atoms with E-state index in [2.05, 4.69) is 0 Å². The zero-order valence-corrected chi connectivity index (χ0v) is 12.3. The summed E-state index contributed by atoms with van der Waals surface area (Å²) in [7, 11) is 1.56. The first-order valence-corrected chi connectivity index (χ1v) is 7.32. The van der Waals surface area contributed by atoms with Crippen LogP contribution in [0.2, 0.25) is 0 Å². The van der Waals surface area contributed by atoms with Crippen molar-refractivity contribution in [1.82, 2.24) is 4.90 Å². The molecule has 1 aliphatic heterocycles. The lowest BCUT2D eigenvalue weighted by Gasteiger charge is -2.39. The third-order valence-corrected chi connectivity index (χ3v) is 3.94. The van der Waals surface area contributed by atoms with Gasteiger partial charge in [-0.05, 0) is 37.0 Å². The lowest BCUT2D eigenvalue weighted by atomic mass is 9.92. The summed E-state index contributed by atoms with van der Waals surface area (Å²) in [6.45, 7) is 1.04. The van der Waals surface area contributed by atoms with Crippen LogP contribution in [0.1, 0.15) is 24.8 Å². The lowest BCUT2D eigenvalue weighted by Crippen LogP contribution is -2.52. The van der Waals surface area contributed by atoms with Crippen LogP contribution in [0.15, 0.2) is 24.3 Å². The quantitative estimate of drug-likeness (QED) is 0.900. The Labute approximate surface area is 124 Å². The summed E-state index contributed by atoms with van der Waals surface area (Å²) in [6.07, 6.45) is 1.83. The summed E-state index contributed by atoms with van der Waals surface area (Å²) in [6, 6.07) is 5.97. The molecule has 21 heavy (non-hydrogen) atoms. The van der Waals surface area contributed by atoms with Gasteiger partial charge in [-0.3, -0.25) is 4.79 Å². The van der Waals surface area contributed by atoms with Crippen LogP contribution in [0.4, 0.5) is 4.39 Å². The average molecular weight is 295 g/mol. The van der Waals surface area contributed by atoms with Gasteiger partial charge in [0.25, 0.3) is 0 Å². The summed E-state index contributed by atoms with van der Waals surface area (Å²) in [5.41, 5.74) is 0.923. The third kappa shape index (κ3) is 4.25. The number of rotatable bonds is 5. The number of piperidine rings is 1. The highest BCUT2D eigenvalue weighted by Crippen LogP contribution is 2.22. The van der Waals surface area contributed by atoms with Gasteiger partial charge in [0, 0.05) is 13.7 Å². The van der Waals surface area contributed by atoms with Crippen LogP contribution in [0.3, 0.4) is 0 Å². The number of aliphatic hydroxyl groups excluding tert-OH is 1. The minimum absolute atomic E-state index is 0.00251. The molecule has 2 atom stereocenters. The van der Waals surface area contributed by atoms with E-state index in [4.69, 9.17) is 4.74 Å². The Hall–Kier alpha value is -1.46. The number of carbonyl (C=O) groups is 1. The Morgan fingerprint density at radius 1 is 1.43 bits per heavy atom. The van der Waals surface area contributed by atoms with E-state index < -0.39 is 6.10 Å². The number of aliphatic hydroxyl groups is 1. The smallest absolute Gasteiger partial charge is 0.225 e. The van der Waals surface area contributed by atoms with Gasteiger partial charge in [-0.25, -0.2) is 4.39 Å². The van der Waals surface area contributed by atoms with Crippen molar-refractivity contribution in [3.8, 4) is 0 Å². The maximum atomic E-state index is 13.0. The fourth-order valence-electron chi connectivity index (χ4n) is 2.79. The van der Waals surface area contributed by atoms with Crippen LogP contribution < -0.4 is 0 Å². The van der Waals surface area contributed by atoms with Gasteiger partial charge >= 0.3 is 0 Å². The maximum Gasteiger partial charge on any atom is 0.225 e. The van der Waals surface area contributed by atoms with Crippen LogP contribution in [0, 0.1) is 5.82 Å². The van der Waals surface area contributed by atoms with Crippen molar-refractivity contribution in [3.63, 3.8) is 0 Å². The topological polar surface area (TPSA) is 49.8 Å². The number of halogens is 1. The number of ether oxygens (including phenoxy) is 1. The second kappa shape index (κ2) is 7.52. The van der Waals surface area contributed by atoms with Crippen molar-refractivity contribution in [2.45, 2.75) is 37.8 Å². The number of amides is 1. The SMILES string of the molecule is COCCC(=O)N1CCC[C@H](O)[C@@H]1Cc1ccc(F)cc1. The number of likely N-dealkylation sites (tertiary alicyclic amines) is 1. The lowest BCUT2D eigenvalue weighted by molar-refractivity contribution is -0.139. The minimum atomic E-state index is -0.532. The molecule has 0 aromatic heterocycles. The molecule has 1 aliphatic rings. The van der Waals surface area contributed by atoms with E-state index in [1.807, 2.05) is 0 Å². The van der Waals surface area contributed by atoms with Gasteiger partial charge in [0.05, 0.1) is 25.2 Å². The highest BCUT2D eigenvalue weighted by Gasteiger charge is 2.32. The van der Waals surface area contributed by atoms with Gasteiger partial charge in [0.2, 0.25) is 5.91 Å². The Kier molecular flexibility index (Phi) is 5.70. The molecule has 1 N–H and O–H groups in total. The minimum Gasteiger partial charge on any atom is -0.391 e. The molecule has 1 saturated heterocycles. The summed E-state index contributed by atoms with van der Waals surface area (Å²) in [5.74, 6) is -0.279. The van der Waals surface area contributed by atoms with Crippen molar-refractivity contribution in [2.24, 2.45) is 0 Å². The summed E-state index contributed by atoms with van der Waals surface area (Å²) >= 11 is 0. The molecule has 1 aromatic carbocycles. The molecule has 0 bridgehead atoms. The first-order valence-electron chi connectivity index (χ1n) is 7.32. The van der Waals surface area contributed by atoms with Crippen LogP contribution in [-0.2, 0) is 16.0 Å². The van der Waals surface area contributed by atoms with E-state index in [-0.39, 0.29) is 17.8 Å². The fourth-order valence-corrected chi connectivity index (χ4v) is 2.79.